The zero-order chi connectivity index (χ0) is 16.4. The number of halogens is 1. The molecule has 4 nitrogen and oxygen atoms in total. The van der Waals surface area contributed by atoms with Gasteiger partial charge in [-0.05, 0) is 54.6 Å². The summed E-state index contributed by atoms with van der Waals surface area (Å²) in [6.07, 6.45) is 1.88. The molecule has 0 N–H and O–H groups in total. The van der Waals surface area contributed by atoms with Crippen LogP contribution in [0.1, 0.15) is 11.3 Å². The molecule has 23 heavy (non-hydrogen) atoms. The molecule has 116 valence electrons. The number of carbonyl (C=O) groups is 1. The molecule has 0 atom stereocenters. The van der Waals surface area contributed by atoms with E-state index in [2.05, 4.69) is 25.9 Å². The summed E-state index contributed by atoms with van der Waals surface area (Å²) in [5.41, 5.74) is 1.87. The second-order valence-corrected chi connectivity index (χ2v) is 6.99. The Labute approximate surface area is 147 Å². The minimum atomic E-state index is -0.0543. The molecule has 1 aromatic carbocycles. The van der Waals surface area contributed by atoms with Crippen molar-refractivity contribution in [3.05, 3.63) is 63.1 Å². The van der Waals surface area contributed by atoms with Gasteiger partial charge >= 0.3 is 0 Å². The fraction of sp³-hybridized carbons (Fsp3) is 0.118. The number of pyridine rings is 1. The summed E-state index contributed by atoms with van der Waals surface area (Å²) < 4.78 is 0.980. The molecular weight excluding hydrogens is 374 g/mol. The highest BCUT2D eigenvalue weighted by atomic mass is 79.9. The lowest BCUT2D eigenvalue weighted by atomic mass is 10.2. The van der Waals surface area contributed by atoms with Crippen LogP contribution < -0.4 is 0 Å². The highest BCUT2D eigenvalue weighted by Crippen LogP contribution is 2.33. The SMILES string of the molecule is Cc1cccc(/N=C2/S/C(=C\c3cccc(Br)c3)C(=O)N2C)n1. The first-order chi connectivity index (χ1) is 11.0. The van der Waals surface area contributed by atoms with Crippen LogP contribution in [0.15, 0.2) is 56.8 Å². The molecular formula is C17H14BrN3OS. The predicted octanol–water partition coefficient (Wildman–Crippen LogP) is 4.39. The van der Waals surface area contributed by atoms with Gasteiger partial charge in [-0.1, -0.05) is 34.1 Å². The van der Waals surface area contributed by atoms with Crippen LogP contribution >= 0.6 is 27.7 Å². The molecule has 1 amide bonds. The van der Waals surface area contributed by atoms with E-state index < -0.39 is 0 Å². The molecule has 0 bridgehead atoms. The molecule has 0 aliphatic carbocycles. The number of aryl methyl sites for hydroxylation is 1. The van der Waals surface area contributed by atoms with E-state index in [1.807, 2.05) is 55.5 Å². The van der Waals surface area contributed by atoms with E-state index in [0.717, 1.165) is 15.7 Å². The topological polar surface area (TPSA) is 45.6 Å². The number of thioether (sulfide) groups is 1. The normalized spacial score (nSPS) is 18.2. The van der Waals surface area contributed by atoms with Crippen LogP contribution in [0.2, 0.25) is 0 Å². The van der Waals surface area contributed by atoms with Crippen molar-refractivity contribution in [1.82, 2.24) is 9.88 Å². The van der Waals surface area contributed by atoms with Crippen LogP contribution in [-0.2, 0) is 4.79 Å². The summed E-state index contributed by atoms with van der Waals surface area (Å²) in [5.74, 6) is 0.553. The molecule has 1 saturated heterocycles. The van der Waals surface area contributed by atoms with Crippen LogP contribution in [0.4, 0.5) is 5.82 Å². The number of amidine groups is 1. The summed E-state index contributed by atoms with van der Waals surface area (Å²) in [6, 6.07) is 13.5. The van der Waals surface area contributed by atoms with Crippen molar-refractivity contribution < 1.29 is 4.79 Å². The van der Waals surface area contributed by atoms with Crippen molar-refractivity contribution in [3.8, 4) is 0 Å². The monoisotopic (exact) mass is 387 g/mol. The summed E-state index contributed by atoms with van der Waals surface area (Å²) >= 11 is 4.80. The van der Waals surface area contributed by atoms with E-state index in [1.54, 1.807) is 11.9 Å². The maximum atomic E-state index is 12.4. The lowest BCUT2D eigenvalue weighted by Crippen LogP contribution is -2.23. The Morgan fingerprint density at radius 2 is 2.04 bits per heavy atom. The van der Waals surface area contributed by atoms with Crippen LogP contribution in [0.5, 0.6) is 0 Å². The largest absolute Gasteiger partial charge is 0.289 e. The smallest absolute Gasteiger partial charge is 0.266 e. The number of aliphatic imine (C=N–C) groups is 1. The lowest BCUT2D eigenvalue weighted by Gasteiger charge is -2.06. The Morgan fingerprint density at radius 3 is 2.78 bits per heavy atom. The number of aromatic nitrogens is 1. The Hall–Kier alpha value is -1.92. The fourth-order valence-corrected chi connectivity index (χ4v) is 3.48. The maximum absolute atomic E-state index is 12.4. The lowest BCUT2D eigenvalue weighted by molar-refractivity contribution is -0.121. The van der Waals surface area contributed by atoms with E-state index in [0.29, 0.717) is 15.9 Å². The van der Waals surface area contributed by atoms with Crippen molar-refractivity contribution in [3.63, 3.8) is 0 Å². The number of likely N-dealkylation sites (N-methyl/N-ethyl adjacent to an activating group) is 1. The van der Waals surface area contributed by atoms with Gasteiger partial charge in [0.05, 0.1) is 4.91 Å². The first-order valence-corrected chi connectivity index (χ1v) is 8.59. The Kier molecular flexibility index (Phi) is 4.63. The van der Waals surface area contributed by atoms with Gasteiger partial charge in [0.25, 0.3) is 5.91 Å². The van der Waals surface area contributed by atoms with Crippen molar-refractivity contribution in [2.75, 3.05) is 7.05 Å². The summed E-state index contributed by atoms with van der Waals surface area (Å²) in [5, 5.41) is 0.634. The average Bonchev–Trinajstić information content (AvgIpc) is 2.76. The molecule has 1 aliphatic rings. The van der Waals surface area contributed by atoms with E-state index in [4.69, 9.17) is 0 Å². The van der Waals surface area contributed by atoms with Gasteiger partial charge in [0.1, 0.15) is 0 Å². The minimum Gasteiger partial charge on any atom is -0.289 e. The predicted molar refractivity (Wildman–Crippen MR) is 98.5 cm³/mol. The van der Waals surface area contributed by atoms with Crippen molar-refractivity contribution in [2.24, 2.45) is 4.99 Å². The third kappa shape index (κ3) is 3.71. The molecule has 1 aromatic heterocycles. The molecule has 0 unspecified atom stereocenters. The number of carbonyl (C=O) groups excluding carboxylic acids is 1. The quantitative estimate of drug-likeness (QED) is 0.717. The minimum absolute atomic E-state index is 0.0543. The van der Waals surface area contributed by atoms with Crippen molar-refractivity contribution >= 4 is 50.7 Å². The van der Waals surface area contributed by atoms with E-state index in [-0.39, 0.29) is 5.91 Å². The molecule has 1 aliphatic heterocycles. The van der Waals surface area contributed by atoms with E-state index in [9.17, 15) is 4.79 Å². The van der Waals surface area contributed by atoms with Crippen LogP contribution in [0.25, 0.3) is 6.08 Å². The molecule has 0 saturated carbocycles. The Bertz CT molecular complexity index is 832. The van der Waals surface area contributed by atoms with Gasteiger partial charge in [0, 0.05) is 17.2 Å². The molecule has 2 aromatic rings. The summed E-state index contributed by atoms with van der Waals surface area (Å²) in [6.45, 7) is 1.92. The Balaban J connectivity index is 1.91. The summed E-state index contributed by atoms with van der Waals surface area (Å²) in [4.78, 5) is 23.4. The van der Waals surface area contributed by atoms with Gasteiger partial charge in [-0.25, -0.2) is 9.98 Å². The molecule has 1 fully saturated rings. The highest BCUT2D eigenvalue weighted by Gasteiger charge is 2.30. The van der Waals surface area contributed by atoms with Gasteiger partial charge < -0.3 is 0 Å². The van der Waals surface area contributed by atoms with Gasteiger partial charge in [0.2, 0.25) is 0 Å². The maximum Gasteiger partial charge on any atom is 0.266 e. The first kappa shape index (κ1) is 16.0. The first-order valence-electron chi connectivity index (χ1n) is 6.98. The number of hydrogen-bond acceptors (Lipinski definition) is 4. The van der Waals surface area contributed by atoms with Crippen molar-refractivity contribution in [1.29, 1.82) is 0 Å². The van der Waals surface area contributed by atoms with Crippen LogP contribution in [-0.4, -0.2) is 28.0 Å². The molecule has 0 spiro atoms. The third-order valence-corrected chi connectivity index (χ3v) is 4.79. The van der Waals surface area contributed by atoms with E-state index >= 15 is 0 Å². The zero-order valence-corrected chi connectivity index (χ0v) is 15.1. The summed E-state index contributed by atoms with van der Waals surface area (Å²) in [7, 11) is 1.73. The number of rotatable bonds is 2. The average molecular weight is 388 g/mol. The third-order valence-electron chi connectivity index (χ3n) is 3.23. The molecule has 2 heterocycles. The van der Waals surface area contributed by atoms with Gasteiger partial charge in [-0.3, -0.25) is 9.69 Å². The van der Waals surface area contributed by atoms with Gasteiger partial charge in [-0.2, -0.15) is 0 Å². The van der Waals surface area contributed by atoms with Gasteiger partial charge in [-0.15, -0.1) is 0 Å². The number of nitrogens with zero attached hydrogens (tertiary/aromatic N) is 3. The fourth-order valence-electron chi connectivity index (χ4n) is 2.09. The van der Waals surface area contributed by atoms with Gasteiger partial charge in [0.15, 0.2) is 11.0 Å². The Morgan fingerprint density at radius 1 is 1.26 bits per heavy atom. The second kappa shape index (κ2) is 6.68. The van der Waals surface area contributed by atoms with Crippen LogP contribution in [0, 0.1) is 6.92 Å². The van der Waals surface area contributed by atoms with Crippen LogP contribution in [0.3, 0.4) is 0 Å². The number of hydrogen-bond donors (Lipinski definition) is 0. The molecule has 3 rings (SSSR count). The zero-order valence-electron chi connectivity index (χ0n) is 12.7. The molecule has 6 heteroatoms. The second-order valence-electron chi connectivity index (χ2n) is 5.06. The standard InChI is InChI=1S/C17H14BrN3OS/c1-11-5-3-8-15(19-11)20-17-21(2)16(22)14(23-17)10-12-6-4-7-13(18)9-12/h3-10H,1-2H3/b14-10-,20-17+. The molecule has 0 radical (unpaired) electrons. The number of amides is 1. The van der Waals surface area contributed by atoms with E-state index in [1.165, 1.54) is 11.8 Å². The van der Waals surface area contributed by atoms with Crippen molar-refractivity contribution in [2.45, 2.75) is 6.92 Å². The number of benzene rings is 1. The highest BCUT2D eigenvalue weighted by molar-refractivity contribution is 9.10.